The van der Waals surface area contributed by atoms with Crippen LogP contribution < -0.4 is 0 Å². The maximum atomic E-state index is 13.7. The minimum absolute atomic E-state index is 0.181. The highest BCUT2D eigenvalue weighted by Crippen LogP contribution is 2.28. The Labute approximate surface area is 130 Å². The van der Waals surface area contributed by atoms with Gasteiger partial charge in [-0.15, -0.1) is 0 Å². The van der Waals surface area contributed by atoms with Gasteiger partial charge in [-0.3, -0.25) is 0 Å². The highest BCUT2D eigenvalue weighted by molar-refractivity contribution is 14.1. The van der Waals surface area contributed by atoms with Crippen molar-refractivity contribution in [2.24, 2.45) is 0 Å². The van der Waals surface area contributed by atoms with Crippen molar-refractivity contribution >= 4 is 34.2 Å². The smallest absolute Gasteiger partial charge is 0.126 e. The van der Waals surface area contributed by atoms with E-state index in [1.165, 1.54) is 12.1 Å². The molecule has 0 aliphatic heterocycles. The molecule has 0 aliphatic carbocycles. The van der Waals surface area contributed by atoms with Crippen molar-refractivity contribution in [2.75, 3.05) is 0 Å². The van der Waals surface area contributed by atoms with Crippen LogP contribution in [0.3, 0.4) is 0 Å². The molecule has 1 atom stereocenters. The third-order valence-corrected chi connectivity index (χ3v) is 3.96. The van der Waals surface area contributed by atoms with E-state index in [4.69, 9.17) is 11.6 Å². The Morgan fingerprint density at radius 1 is 1.21 bits per heavy atom. The number of halogens is 3. The predicted molar refractivity (Wildman–Crippen MR) is 83.8 cm³/mol. The maximum absolute atomic E-state index is 13.7. The van der Waals surface area contributed by atoms with Crippen molar-refractivity contribution < 1.29 is 9.50 Å². The van der Waals surface area contributed by atoms with Crippen molar-refractivity contribution in [1.82, 2.24) is 0 Å². The Bertz CT molecular complexity index is 581. The summed E-state index contributed by atoms with van der Waals surface area (Å²) in [6, 6.07) is 11.9. The highest BCUT2D eigenvalue weighted by Gasteiger charge is 2.25. The third-order valence-electron chi connectivity index (χ3n) is 3.01. The van der Waals surface area contributed by atoms with E-state index in [1.807, 2.05) is 24.3 Å². The van der Waals surface area contributed by atoms with Crippen LogP contribution in [0.15, 0.2) is 42.5 Å². The Morgan fingerprint density at radius 2 is 1.84 bits per heavy atom. The van der Waals surface area contributed by atoms with Gasteiger partial charge in [0.25, 0.3) is 0 Å². The third kappa shape index (κ3) is 3.68. The first-order valence-electron chi connectivity index (χ1n) is 5.81. The van der Waals surface area contributed by atoms with Gasteiger partial charge < -0.3 is 5.11 Å². The molecule has 0 saturated carbocycles. The quantitative estimate of drug-likeness (QED) is 0.763. The zero-order valence-electron chi connectivity index (χ0n) is 10.3. The van der Waals surface area contributed by atoms with E-state index < -0.39 is 5.60 Å². The molecule has 0 radical (unpaired) electrons. The molecule has 0 bridgehead atoms. The van der Waals surface area contributed by atoms with E-state index in [9.17, 15) is 9.50 Å². The van der Waals surface area contributed by atoms with E-state index in [0.717, 1.165) is 9.13 Å². The van der Waals surface area contributed by atoms with Gasteiger partial charge >= 0.3 is 0 Å². The number of hydrogen-bond acceptors (Lipinski definition) is 1. The van der Waals surface area contributed by atoms with Gasteiger partial charge in [0.15, 0.2) is 0 Å². The summed E-state index contributed by atoms with van der Waals surface area (Å²) in [5, 5.41) is 11.0. The monoisotopic (exact) mass is 390 g/mol. The highest BCUT2D eigenvalue weighted by atomic mass is 127. The summed E-state index contributed by atoms with van der Waals surface area (Å²) in [7, 11) is 0. The molecule has 0 aromatic heterocycles. The molecule has 1 nitrogen and oxygen atoms in total. The SMILES string of the molecule is CC(O)(Cc1cc(Cl)ccc1F)c1ccc(I)cc1. The summed E-state index contributed by atoms with van der Waals surface area (Å²) in [4.78, 5) is 0. The summed E-state index contributed by atoms with van der Waals surface area (Å²) in [5.74, 6) is -0.352. The normalized spacial score (nSPS) is 14.2. The van der Waals surface area contributed by atoms with Crippen LogP contribution in [0.5, 0.6) is 0 Å². The van der Waals surface area contributed by atoms with Crippen LogP contribution in [0.1, 0.15) is 18.1 Å². The molecule has 1 unspecified atom stereocenters. The fraction of sp³-hybridized carbons (Fsp3) is 0.200. The molecule has 0 spiro atoms. The topological polar surface area (TPSA) is 20.2 Å². The summed E-state index contributed by atoms with van der Waals surface area (Å²) >= 11 is 8.06. The average Bonchev–Trinajstić information content (AvgIpc) is 2.34. The average molecular weight is 391 g/mol. The van der Waals surface area contributed by atoms with Crippen LogP contribution in [-0.4, -0.2) is 5.11 Å². The van der Waals surface area contributed by atoms with Gasteiger partial charge in [-0.1, -0.05) is 23.7 Å². The van der Waals surface area contributed by atoms with Crippen molar-refractivity contribution in [3.05, 3.63) is 68.0 Å². The van der Waals surface area contributed by atoms with E-state index in [1.54, 1.807) is 13.0 Å². The van der Waals surface area contributed by atoms with Crippen LogP contribution in [0.4, 0.5) is 4.39 Å². The molecule has 0 amide bonds. The van der Waals surface area contributed by atoms with E-state index in [-0.39, 0.29) is 12.2 Å². The van der Waals surface area contributed by atoms with Crippen LogP contribution >= 0.6 is 34.2 Å². The first-order valence-corrected chi connectivity index (χ1v) is 7.26. The molecule has 4 heteroatoms. The molecule has 2 rings (SSSR count). The summed E-state index contributed by atoms with van der Waals surface area (Å²) < 4.78 is 14.8. The molecule has 2 aromatic carbocycles. The molecular formula is C15H13ClFIO. The molecule has 19 heavy (non-hydrogen) atoms. The second-order valence-electron chi connectivity index (χ2n) is 4.69. The lowest BCUT2D eigenvalue weighted by Gasteiger charge is -2.24. The lowest BCUT2D eigenvalue weighted by molar-refractivity contribution is 0.0567. The largest absolute Gasteiger partial charge is 0.385 e. The van der Waals surface area contributed by atoms with Gasteiger partial charge in [-0.2, -0.15) is 0 Å². The van der Waals surface area contributed by atoms with E-state index in [2.05, 4.69) is 22.6 Å². The summed E-state index contributed by atoms with van der Waals surface area (Å²) in [6.45, 7) is 1.68. The predicted octanol–water partition coefficient (Wildman–Crippen LogP) is 4.53. The minimum atomic E-state index is -1.13. The number of aliphatic hydroxyl groups is 1. The Balaban J connectivity index is 2.30. The van der Waals surface area contributed by atoms with Gasteiger partial charge in [0, 0.05) is 15.0 Å². The number of hydrogen-bond donors (Lipinski definition) is 1. The zero-order valence-corrected chi connectivity index (χ0v) is 13.2. The van der Waals surface area contributed by atoms with Crippen molar-refractivity contribution in [1.29, 1.82) is 0 Å². The Kier molecular flexibility index (Phi) is 4.48. The first-order chi connectivity index (χ1) is 8.88. The first kappa shape index (κ1) is 14.8. The minimum Gasteiger partial charge on any atom is -0.385 e. The van der Waals surface area contributed by atoms with Crippen molar-refractivity contribution in [3.8, 4) is 0 Å². The lowest BCUT2D eigenvalue weighted by Crippen LogP contribution is -2.24. The van der Waals surface area contributed by atoms with Crippen LogP contribution in [0.25, 0.3) is 0 Å². The molecule has 100 valence electrons. The summed E-state index contributed by atoms with van der Waals surface area (Å²) in [6.07, 6.45) is 0.181. The standard InChI is InChI=1S/C15H13ClFIO/c1-15(19,11-2-5-13(18)6-3-11)9-10-8-12(16)4-7-14(10)17/h2-8,19H,9H2,1H3. The fourth-order valence-corrected chi connectivity index (χ4v) is 2.51. The van der Waals surface area contributed by atoms with Crippen LogP contribution in [0, 0.1) is 9.39 Å². The molecule has 2 aromatic rings. The molecular weight excluding hydrogens is 378 g/mol. The Morgan fingerprint density at radius 3 is 2.47 bits per heavy atom. The molecule has 0 saturated heterocycles. The lowest BCUT2D eigenvalue weighted by atomic mass is 9.89. The van der Waals surface area contributed by atoms with Crippen molar-refractivity contribution in [3.63, 3.8) is 0 Å². The second-order valence-corrected chi connectivity index (χ2v) is 6.38. The van der Waals surface area contributed by atoms with E-state index >= 15 is 0 Å². The number of rotatable bonds is 3. The van der Waals surface area contributed by atoms with Crippen molar-refractivity contribution in [2.45, 2.75) is 18.9 Å². The second kappa shape index (κ2) is 5.77. The fourth-order valence-electron chi connectivity index (χ4n) is 1.96. The number of benzene rings is 2. The van der Waals surface area contributed by atoms with Gasteiger partial charge in [0.05, 0.1) is 5.60 Å². The molecule has 1 N–H and O–H groups in total. The van der Waals surface area contributed by atoms with Gasteiger partial charge in [0.2, 0.25) is 0 Å². The summed E-state index contributed by atoms with van der Waals surface area (Å²) in [5.41, 5.74) is 0.0407. The van der Waals surface area contributed by atoms with Crippen LogP contribution in [0.2, 0.25) is 5.02 Å². The van der Waals surface area contributed by atoms with Gasteiger partial charge in [0.1, 0.15) is 5.82 Å². The van der Waals surface area contributed by atoms with Crippen LogP contribution in [-0.2, 0) is 12.0 Å². The maximum Gasteiger partial charge on any atom is 0.126 e. The molecule has 0 heterocycles. The Hall–Kier alpha value is -0.650. The molecule has 0 aliphatic rings. The van der Waals surface area contributed by atoms with E-state index in [0.29, 0.717) is 10.6 Å². The van der Waals surface area contributed by atoms with Gasteiger partial charge in [-0.25, -0.2) is 4.39 Å². The zero-order chi connectivity index (χ0) is 14.0. The molecule has 0 fully saturated rings. The van der Waals surface area contributed by atoms with Gasteiger partial charge in [-0.05, 0) is 71.0 Å².